The van der Waals surface area contributed by atoms with E-state index in [1.165, 1.54) is 5.39 Å². The lowest BCUT2D eigenvalue weighted by molar-refractivity contribution is -0.137. The van der Waals surface area contributed by atoms with Crippen molar-refractivity contribution in [2.75, 3.05) is 7.05 Å². The van der Waals surface area contributed by atoms with E-state index in [0.717, 1.165) is 10.9 Å². The van der Waals surface area contributed by atoms with E-state index < -0.39 is 6.10 Å². The summed E-state index contributed by atoms with van der Waals surface area (Å²) >= 11 is 12.0. The highest BCUT2D eigenvalue weighted by Gasteiger charge is 2.20. The Morgan fingerprint density at radius 1 is 1.04 bits per heavy atom. The number of hydrogen-bond donors (Lipinski definition) is 0. The number of fused-ring (bicyclic) bond motifs is 1. The molecule has 1 atom stereocenters. The first-order chi connectivity index (χ1) is 12.4. The van der Waals surface area contributed by atoms with Gasteiger partial charge in [0.15, 0.2) is 6.10 Å². The van der Waals surface area contributed by atoms with E-state index in [1.807, 2.05) is 18.2 Å². The molecule has 0 spiro atoms. The second-order valence-corrected chi connectivity index (χ2v) is 7.05. The summed E-state index contributed by atoms with van der Waals surface area (Å²) in [6, 6.07) is 19.3. The van der Waals surface area contributed by atoms with Gasteiger partial charge in [0.1, 0.15) is 5.75 Å². The fourth-order valence-corrected chi connectivity index (χ4v) is 3.26. The molecule has 26 heavy (non-hydrogen) atoms. The van der Waals surface area contributed by atoms with Gasteiger partial charge in [-0.25, -0.2) is 0 Å². The van der Waals surface area contributed by atoms with Crippen molar-refractivity contribution in [3.05, 3.63) is 76.3 Å². The lowest BCUT2D eigenvalue weighted by Crippen LogP contribution is -2.37. The Labute approximate surface area is 163 Å². The molecule has 1 amide bonds. The molecule has 0 bridgehead atoms. The molecule has 0 heterocycles. The minimum Gasteiger partial charge on any atom is -0.479 e. The quantitative estimate of drug-likeness (QED) is 0.572. The number of carbonyl (C=O) groups excluding carboxylic acids is 1. The summed E-state index contributed by atoms with van der Waals surface area (Å²) in [5.74, 6) is 0.320. The molecule has 0 aliphatic rings. The van der Waals surface area contributed by atoms with Crippen LogP contribution in [0.15, 0.2) is 60.7 Å². The van der Waals surface area contributed by atoms with Gasteiger partial charge in [-0.15, -0.1) is 0 Å². The molecule has 0 saturated carbocycles. The fourth-order valence-electron chi connectivity index (χ4n) is 2.81. The van der Waals surface area contributed by atoms with Gasteiger partial charge in [-0.2, -0.15) is 0 Å². The van der Waals surface area contributed by atoms with Gasteiger partial charge < -0.3 is 9.64 Å². The van der Waals surface area contributed by atoms with Crippen LogP contribution >= 0.6 is 23.2 Å². The Hall–Kier alpha value is -2.23. The molecule has 134 valence electrons. The van der Waals surface area contributed by atoms with Crippen molar-refractivity contribution in [3.63, 3.8) is 0 Å². The van der Waals surface area contributed by atoms with Crippen LogP contribution < -0.4 is 4.74 Å². The third-order valence-electron chi connectivity index (χ3n) is 4.16. The van der Waals surface area contributed by atoms with Crippen LogP contribution in [0.25, 0.3) is 10.8 Å². The highest BCUT2D eigenvalue weighted by Crippen LogP contribution is 2.28. The number of nitrogens with zero attached hydrogens (tertiary/aromatic N) is 1. The van der Waals surface area contributed by atoms with E-state index in [2.05, 4.69) is 24.3 Å². The van der Waals surface area contributed by atoms with Gasteiger partial charge in [0.05, 0.1) is 5.02 Å². The molecule has 0 aliphatic heterocycles. The Kier molecular flexibility index (Phi) is 5.70. The minimum atomic E-state index is -0.654. The van der Waals surface area contributed by atoms with Gasteiger partial charge in [-0.3, -0.25) is 4.79 Å². The van der Waals surface area contributed by atoms with Crippen molar-refractivity contribution in [3.8, 4) is 5.75 Å². The van der Waals surface area contributed by atoms with Gasteiger partial charge >= 0.3 is 0 Å². The Balaban J connectivity index is 1.67. The van der Waals surface area contributed by atoms with Crippen LogP contribution in [-0.4, -0.2) is 24.0 Å². The maximum Gasteiger partial charge on any atom is 0.263 e. The third-order valence-corrected chi connectivity index (χ3v) is 4.69. The van der Waals surface area contributed by atoms with Crippen molar-refractivity contribution in [1.82, 2.24) is 4.90 Å². The van der Waals surface area contributed by atoms with Gasteiger partial charge in [0.25, 0.3) is 5.91 Å². The molecule has 3 rings (SSSR count). The standard InChI is InChI=1S/C21H19Cl2NO2/c1-14(26-20-10-9-18(22)12-19(20)23)21(25)24(2)13-15-7-8-16-5-3-4-6-17(16)11-15/h3-12,14H,13H2,1-2H3. The summed E-state index contributed by atoms with van der Waals surface area (Å²) in [6.45, 7) is 2.22. The first-order valence-electron chi connectivity index (χ1n) is 8.28. The summed E-state index contributed by atoms with van der Waals surface area (Å²) in [7, 11) is 1.76. The highest BCUT2D eigenvalue weighted by atomic mass is 35.5. The number of amides is 1. The summed E-state index contributed by atoms with van der Waals surface area (Å²) in [5, 5.41) is 3.24. The van der Waals surface area contributed by atoms with Gasteiger partial charge in [0, 0.05) is 18.6 Å². The number of benzene rings is 3. The summed E-state index contributed by atoms with van der Waals surface area (Å²) < 4.78 is 5.71. The van der Waals surface area contributed by atoms with Gasteiger partial charge in [-0.05, 0) is 47.5 Å². The number of likely N-dealkylation sites (N-methyl/N-ethyl adjacent to an activating group) is 1. The Bertz CT molecular complexity index is 942. The normalized spacial score (nSPS) is 12.0. The molecular formula is C21H19Cl2NO2. The molecule has 0 radical (unpaired) electrons. The zero-order valence-electron chi connectivity index (χ0n) is 14.6. The maximum absolute atomic E-state index is 12.6. The SMILES string of the molecule is CC(Oc1ccc(Cl)cc1Cl)C(=O)N(C)Cc1ccc2ccccc2c1. The van der Waals surface area contributed by atoms with Gasteiger partial charge in [-0.1, -0.05) is 59.6 Å². The molecule has 5 heteroatoms. The second-order valence-electron chi connectivity index (χ2n) is 6.21. The van der Waals surface area contributed by atoms with E-state index in [4.69, 9.17) is 27.9 Å². The summed E-state index contributed by atoms with van der Waals surface area (Å²) in [4.78, 5) is 14.3. The van der Waals surface area contributed by atoms with E-state index in [-0.39, 0.29) is 5.91 Å². The summed E-state index contributed by atoms with van der Waals surface area (Å²) in [6.07, 6.45) is -0.654. The third kappa shape index (κ3) is 4.29. The van der Waals surface area contributed by atoms with E-state index in [1.54, 1.807) is 37.1 Å². The van der Waals surface area contributed by atoms with Crippen LogP contribution in [0.3, 0.4) is 0 Å². The number of halogens is 2. The zero-order chi connectivity index (χ0) is 18.7. The first-order valence-corrected chi connectivity index (χ1v) is 9.04. The predicted molar refractivity (Wildman–Crippen MR) is 107 cm³/mol. The topological polar surface area (TPSA) is 29.5 Å². The predicted octanol–water partition coefficient (Wildman–Crippen LogP) is 5.57. The molecular weight excluding hydrogens is 369 g/mol. The van der Waals surface area contributed by atoms with Crippen LogP contribution in [-0.2, 0) is 11.3 Å². The van der Waals surface area contributed by atoms with Crippen molar-refractivity contribution in [2.45, 2.75) is 19.6 Å². The second kappa shape index (κ2) is 7.98. The Morgan fingerprint density at radius 2 is 1.77 bits per heavy atom. The lowest BCUT2D eigenvalue weighted by Gasteiger charge is -2.23. The maximum atomic E-state index is 12.6. The molecule has 0 aromatic heterocycles. The highest BCUT2D eigenvalue weighted by molar-refractivity contribution is 6.35. The van der Waals surface area contributed by atoms with Crippen molar-refractivity contribution >= 4 is 39.9 Å². The first kappa shape index (κ1) is 18.6. The van der Waals surface area contributed by atoms with Crippen molar-refractivity contribution < 1.29 is 9.53 Å². The van der Waals surface area contributed by atoms with E-state index >= 15 is 0 Å². The number of hydrogen-bond acceptors (Lipinski definition) is 2. The van der Waals surface area contributed by atoms with Crippen LogP contribution in [0, 0.1) is 0 Å². The molecule has 0 aliphatic carbocycles. The summed E-state index contributed by atoms with van der Waals surface area (Å²) in [5.41, 5.74) is 1.07. The van der Waals surface area contributed by atoms with Gasteiger partial charge in [0.2, 0.25) is 0 Å². The Morgan fingerprint density at radius 3 is 2.50 bits per heavy atom. The monoisotopic (exact) mass is 387 g/mol. The molecule has 0 N–H and O–H groups in total. The van der Waals surface area contributed by atoms with Crippen LogP contribution in [0.1, 0.15) is 12.5 Å². The van der Waals surface area contributed by atoms with E-state index in [0.29, 0.717) is 22.3 Å². The fraction of sp³-hybridized carbons (Fsp3) is 0.190. The van der Waals surface area contributed by atoms with Crippen LogP contribution in [0.4, 0.5) is 0 Å². The molecule has 1 unspecified atom stereocenters. The number of ether oxygens (including phenoxy) is 1. The lowest BCUT2D eigenvalue weighted by atomic mass is 10.1. The average Bonchev–Trinajstić information content (AvgIpc) is 2.63. The largest absolute Gasteiger partial charge is 0.479 e. The van der Waals surface area contributed by atoms with Crippen LogP contribution in [0.2, 0.25) is 10.0 Å². The van der Waals surface area contributed by atoms with Crippen LogP contribution in [0.5, 0.6) is 5.75 Å². The smallest absolute Gasteiger partial charge is 0.263 e. The molecule has 3 aromatic carbocycles. The number of rotatable bonds is 5. The molecule has 0 saturated heterocycles. The minimum absolute atomic E-state index is 0.121. The molecule has 3 nitrogen and oxygen atoms in total. The number of carbonyl (C=O) groups is 1. The van der Waals surface area contributed by atoms with Crippen molar-refractivity contribution in [2.24, 2.45) is 0 Å². The molecule has 3 aromatic rings. The average molecular weight is 388 g/mol. The zero-order valence-corrected chi connectivity index (χ0v) is 16.1. The van der Waals surface area contributed by atoms with E-state index in [9.17, 15) is 4.79 Å². The molecule has 0 fully saturated rings. The van der Waals surface area contributed by atoms with Crippen molar-refractivity contribution in [1.29, 1.82) is 0 Å².